The fourth-order valence-corrected chi connectivity index (χ4v) is 1.98. The standard InChI is InChI=1S/C15H17N3O2/c1-18(11-6-4-3-5-7-11)14-10-12(20-2)8-9-13(14)15(16)17-19/h3-10,19H,1-2H3,(H2,16,17). The van der Waals surface area contributed by atoms with Crippen LogP contribution >= 0.6 is 0 Å². The molecule has 104 valence electrons. The van der Waals surface area contributed by atoms with Crippen LogP contribution in [0.25, 0.3) is 0 Å². The zero-order valence-corrected chi connectivity index (χ0v) is 11.4. The molecule has 2 aromatic rings. The van der Waals surface area contributed by atoms with Crippen LogP contribution in [-0.4, -0.2) is 25.2 Å². The lowest BCUT2D eigenvalue weighted by Crippen LogP contribution is -2.19. The van der Waals surface area contributed by atoms with Gasteiger partial charge in [-0.25, -0.2) is 0 Å². The molecule has 0 bridgehead atoms. The lowest BCUT2D eigenvalue weighted by atomic mass is 10.1. The Bertz CT molecular complexity index is 612. The Balaban J connectivity index is 2.53. The third-order valence-electron chi connectivity index (χ3n) is 3.09. The summed E-state index contributed by atoms with van der Waals surface area (Å²) in [6, 6.07) is 15.2. The average molecular weight is 271 g/mol. The monoisotopic (exact) mass is 271 g/mol. The zero-order chi connectivity index (χ0) is 14.5. The second-order valence-electron chi connectivity index (χ2n) is 4.26. The van der Waals surface area contributed by atoms with E-state index in [2.05, 4.69) is 5.16 Å². The summed E-state index contributed by atoms with van der Waals surface area (Å²) < 4.78 is 5.24. The molecule has 0 aliphatic carbocycles. The number of anilines is 2. The van der Waals surface area contributed by atoms with E-state index in [4.69, 9.17) is 15.7 Å². The lowest BCUT2D eigenvalue weighted by molar-refractivity contribution is 0.318. The molecule has 0 aliphatic rings. The first-order valence-corrected chi connectivity index (χ1v) is 6.12. The van der Waals surface area contributed by atoms with Crippen LogP contribution in [0.4, 0.5) is 11.4 Å². The van der Waals surface area contributed by atoms with Crippen LogP contribution in [0.1, 0.15) is 5.56 Å². The maximum atomic E-state index is 8.90. The zero-order valence-electron chi connectivity index (χ0n) is 11.4. The van der Waals surface area contributed by atoms with Gasteiger partial charge in [0.1, 0.15) is 5.75 Å². The number of methoxy groups -OCH3 is 1. The van der Waals surface area contributed by atoms with Crippen molar-refractivity contribution >= 4 is 17.2 Å². The van der Waals surface area contributed by atoms with Gasteiger partial charge in [-0.05, 0) is 24.3 Å². The van der Waals surface area contributed by atoms with Gasteiger partial charge >= 0.3 is 0 Å². The van der Waals surface area contributed by atoms with E-state index in [-0.39, 0.29) is 5.84 Å². The summed E-state index contributed by atoms with van der Waals surface area (Å²) in [6.45, 7) is 0. The van der Waals surface area contributed by atoms with E-state index < -0.39 is 0 Å². The molecule has 2 rings (SSSR count). The van der Waals surface area contributed by atoms with Gasteiger partial charge in [0.05, 0.1) is 12.8 Å². The van der Waals surface area contributed by atoms with Crippen LogP contribution in [0.5, 0.6) is 5.75 Å². The first-order chi connectivity index (χ1) is 9.67. The molecule has 0 fully saturated rings. The van der Waals surface area contributed by atoms with Gasteiger partial charge in [-0.3, -0.25) is 0 Å². The van der Waals surface area contributed by atoms with Gasteiger partial charge < -0.3 is 20.6 Å². The van der Waals surface area contributed by atoms with Gasteiger partial charge in [0.2, 0.25) is 0 Å². The molecule has 0 spiro atoms. The minimum atomic E-state index is 0.0606. The number of nitrogens with two attached hydrogens (primary N) is 1. The van der Waals surface area contributed by atoms with Crippen LogP contribution < -0.4 is 15.4 Å². The van der Waals surface area contributed by atoms with Gasteiger partial charge in [-0.15, -0.1) is 0 Å². The molecular formula is C15H17N3O2. The van der Waals surface area contributed by atoms with Crippen molar-refractivity contribution in [2.75, 3.05) is 19.1 Å². The smallest absolute Gasteiger partial charge is 0.172 e. The van der Waals surface area contributed by atoms with Gasteiger partial charge in [-0.1, -0.05) is 23.4 Å². The van der Waals surface area contributed by atoms with E-state index in [0.717, 1.165) is 11.4 Å². The number of ether oxygens (including phenoxy) is 1. The molecule has 0 aliphatic heterocycles. The number of hydrogen-bond acceptors (Lipinski definition) is 4. The van der Waals surface area contributed by atoms with E-state index in [1.807, 2.05) is 48.3 Å². The number of para-hydroxylation sites is 1. The molecular weight excluding hydrogens is 254 g/mol. The first kappa shape index (κ1) is 13.7. The molecule has 0 saturated heterocycles. The molecule has 0 aromatic heterocycles. The molecule has 0 saturated carbocycles. The van der Waals surface area contributed by atoms with Gasteiger partial charge in [0.25, 0.3) is 0 Å². The Morgan fingerprint density at radius 1 is 1.20 bits per heavy atom. The van der Waals surface area contributed by atoms with Crippen LogP contribution in [0.3, 0.4) is 0 Å². The quantitative estimate of drug-likeness (QED) is 0.388. The lowest BCUT2D eigenvalue weighted by Gasteiger charge is -2.22. The number of rotatable bonds is 4. The van der Waals surface area contributed by atoms with Crippen molar-refractivity contribution in [3.05, 3.63) is 54.1 Å². The van der Waals surface area contributed by atoms with Crippen molar-refractivity contribution in [3.8, 4) is 5.75 Å². The SMILES string of the molecule is COc1ccc(/C(N)=N/O)c(N(C)c2ccccc2)c1. The minimum Gasteiger partial charge on any atom is -0.497 e. The molecule has 2 aromatic carbocycles. The normalized spacial score (nSPS) is 11.2. The van der Waals surface area contributed by atoms with Gasteiger partial charge in [0, 0.05) is 24.4 Å². The Morgan fingerprint density at radius 2 is 1.90 bits per heavy atom. The minimum absolute atomic E-state index is 0.0606. The summed E-state index contributed by atoms with van der Waals surface area (Å²) in [5, 5.41) is 12.0. The summed E-state index contributed by atoms with van der Waals surface area (Å²) >= 11 is 0. The molecule has 20 heavy (non-hydrogen) atoms. The molecule has 0 atom stereocenters. The summed E-state index contributed by atoms with van der Waals surface area (Å²) in [5.74, 6) is 0.766. The van der Waals surface area contributed by atoms with Crippen LogP contribution in [0.15, 0.2) is 53.7 Å². The maximum Gasteiger partial charge on any atom is 0.172 e. The summed E-state index contributed by atoms with van der Waals surface area (Å²) in [7, 11) is 3.52. The van der Waals surface area contributed by atoms with E-state index in [1.165, 1.54) is 0 Å². The number of benzene rings is 2. The third-order valence-corrected chi connectivity index (χ3v) is 3.09. The fraction of sp³-hybridized carbons (Fsp3) is 0.133. The second-order valence-corrected chi connectivity index (χ2v) is 4.26. The third kappa shape index (κ3) is 2.66. The van der Waals surface area contributed by atoms with Crippen molar-refractivity contribution in [1.82, 2.24) is 0 Å². The second kappa shape index (κ2) is 5.97. The van der Waals surface area contributed by atoms with Crippen molar-refractivity contribution in [1.29, 1.82) is 0 Å². The van der Waals surface area contributed by atoms with Gasteiger partial charge in [0.15, 0.2) is 5.84 Å². The highest BCUT2D eigenvalue weighted by molar-refractivity contribution is 6.03. The van der Waals surface area contributed by atoms with E-state index in [9.17, 15) is 0 Å². The molecule has 5 heteroatoms. The largest absolute Gasteiger partial charge is 0.497 e. The fourth-order valence-electron chi connectivity index (χ4n) is 1.98. The number of amidine groups is 1. The number of nitrogens with zero attached hydrogens (tertiary/aromatic N) is 2. The topological polar surface area (TPSA) is 71.1 Å². The van der Waals surface area contributed by atoms with Crippen molar-refractivity contribution in [3.63, 3.8) is 0 Å². The van der Waals surface area contributed by atoms with Crippen LogP contribution in [0.2, 0.25) is 0 Å². The molecule has 0 radical (unpaired) electrons. The number of oxime groups is 1. The highest BCUT2D eigenvalue weighted by Gasteiger charge is 2.13. The summed E-state index contributed by atoms with van der Waals surface area (Å²) in [6.07, 6.45) is 0. The highest BCUT2D eigenvalue weighted by atomic mass is 16.5. The summed E-state index contributed by atoms with van der Waals surface area (Å²) in [5.41, 5.74) is 8.16. The van der Waals surface area contributed by atoms with E-state index in [0.29, 0.717) is 11.3 Å². The average Bonchev–Trinajstić information content (AvgIpc) is 2.53. The Morgan fingerprint density at radius 3 is 2.50 bits per heavy atom. The summed E-state index contributed by atoms with van der Waals surface area (Å²) in [4.78, 5) is 1.95. The predicted octanol–water partition coefficient (Wildman–Crippen LogP) is 2.56. The molecule has 0 amide bonds. The highest BCUT2D eigenvalue weighted by Crippen LogP contribution is 2.30. The molecule has 5 nitrogen and oxygen atoms in total. The first-order valence-electron chi connectivity index (χ1n) is 6.12. The van der Waals surface area contributed by atoms with Crippen molar-refractivity contribution in [2.24, 2.45) is 10.9 Å². The van der Waals surface area contributed by atoms with Crippen molar-refractivity contribution < 1.29 is 9.94 Å². The van der Waals surface area contributed by atoms with Crippen LogP contribution in [-0.2, 0) is 0 Å². The Hall–Kier alpha value is -2.69. The Labute approximate surface area is 117 Å². The predicted molar refractivity (Wildman–Crippen MR) is 80.0 cm³/mol. The number of hydrogen-bond donors (Lipinski definition) is 2. The molecule has 0 heterocycles. The van der Waals surface area contributed by atoms with Gasteiger partial charge in [-0.2, -0.15) is 0 Å². The van der Waals surface area contributed by atoms with E-state index in [1.54, 1.807) is 19.2 Å². The van der Waals surface area contributed by atoms with E-state index >= 15 is 0 Å². The molecule has 0 unspecified atom stereocenters. The maximum absolute atomic E-state index is 8.90. The Kier molecular flexibility index (Phi) is 4.10. The van der Waals surface area contributed by atoms with Crippen molar-refractivity contribution in [2.45, 2.75) is 0 Å². The molecule has 3 N–H and O–H groups in total. The van der Waals surface area contributed by atoms with Crippen LogP contribution in [0, 0.1) is 0 Å².